The smallest absolute Gasteiger partial charge is 0.295 e. The predicted molar refractivity (Wildman–Crippen MR) is 128 cm³/mol. The van der Waals surface area contributed by atoms with Crippen LogP contribution in [0.5, 0.6) is 11.5 Å². The summed E-state index contributed by atoms with van der Waals surface area (Å²) in [5.41, 5.74) is 1.08. The highest BCUT2D eigenvalue weighted by molar-refractivity contribution is 6.46. The maximum absolute atomic E-state index is 13.1. The van der Waals surface area contributed by atoms with Crippen molar-refractivity contribution in [3.8, 4) is 11.5 Å². The number of ether oxygens (including phenoxy) is 2. The van der Waals surface area contributed by atoms with Gasteiger partial charge in [-0.2, -0.15) is 0 Å². The highest BCUT2D eigenvalue weighted by Crippen LogP contribution is 2.42. The molecule has 33 heavy (non-hydrogen) atoms. The number of benzene rings is 2. The van der Waals surface area contributed by atoms with Crippen LogP contribution in [0.25, 0.3) is 5.76 Å². The van der Waals surface area contributed by atoms with Crippen LogP contribution in [0.15, 0.2) is 48.0 Å². The van der Waals surface area contributed by atoms with Crippen molar-refractivity contribution in [1.29, 1.82) is 0 Å². The van der Waals surface area contributed by atoms with E-state index in [1.54, 1.807) is 42.5 Å². The van der Waals surface area contributed by atoms with E-state index >= 15 is 0 Å². The first-order chi connectivity index (χ1) is 15.8. The summed E-state index contributed by atoms with van der Waals surface area (Å²) >= 11 is 5.97. The quantitative estimate of drug-likeness (QED) is 0.336. The van der Waals surface area contributed by atoms with Crippen LogP contribution >= 0.6 is 11.6 Å². The van der Waals surface area contributed by atoms with Gasteiger partial charge in [0.15, 0.2) is 11.5 Å². The van der Waals surface area contributed by atoms with Crippen LogP contribution in [0.3, 0.4) is 0 Å². The Morgan fingerprint density at radius 1 is 1.12 bits per heavy atom. The zero-order valence-electron chi connectivity index (χ0n) is 19.3. The lowest BCUT2D eigenvalue weighted by Gasteiger charge is -2.27. The summed E-state index contributed by atoms with van der Waals surface area (Å²) in [5, 5.41) is 11.6. The monoisotopic (exact) mass is 472 g/mol. The van der Waals surface area contributed by atoms with Gasteiger partial charge in [0.25, 0.3) is 11.7 Å². The van der Waals surface area contributed by atoms with E-state index in [1.165, 1.54) is 12.0 Å². The van der Waals surface area contributed by atoms with Crippen LogP contribution in [-0.2, 0) is 9.59 Å². The fraction of sp³-hybridized carbons (Fsp3) is 0.360. The van der Waals surface area contributed by atoms with Crippen molar-refractivity contribution in [1.82, 2.24) is 9.80 Å². The summed E-state index contributed by atoms with van der Waals surface area (Å²) in [6.45, 7) is 3.42. The van der Waals surface area contributed by atoms with Gasteiger partial charge in [0.05, 0.1) is 25.3 Å². The van der Waals surface area contributed by atoms with Crippen LogP contribution < -0.4 is 9.47 Å². The Labute approximate surface area is 199 Å². The molecular formula is C25H29ClN2O5. The van der Waals surface area contributed by atoms with Crippen molar-refractivity contribution in [3.63, 3.8) is 0 Å². The average molecular weight is 473 g/mol. The number of aliphatic hydroxyl groups is 1. The minimum Gasteiger partial charge on any atom is -0.507 e. The van der Waals surface area contributed by atoms with Gasteiger partial charge in [-0.1, -0.05) is 24.6 Å². The first kappa shape index (κ1) is 24.6. The van der Waals surface area contributed by atoms with Crippen LogP contribution in [0.2, 0.25) is 5.02 Å². The van der Waals surface area contributed by atoms with Crippen LogP contribution in [0.4, 0.5) is 0 Å². The van der Waals surface area contributed by atoms with Crippen molar-refractivity contribution >= 4 is 29.1 Å². The molecule has 0 radical (unpaired) electrons. The Kier molecular flexibility index (Phi) is 8.00. The second-order valence-corrected chi connectivity index (χ2v) is 8.50. The van der Waals surface area contributed by atoms with Gasteiger partial charge in [0.1, 0.15) is 5.76 Å². The molecular weight excluding hydrogens is 444 g/mol. The van der Waals surface area contributed by atoms with Gasteiger partial charge < -0.3 is 24.4 Å². The summed E-state index contributed by atoms with van der Waals surface area (Å²) in [5.74, 6) is -0.552. The molecule has 1 fully saturated rings. The van der Waals surface area contributed by atoms with Gasteiger partial charge in [0, 0.05) is 23.7 Å². The van der Waals surface area contributed by atoms with Crippen LogP contribution in [0, 0.1) is 0 Å². The number of methoxy groups -OCH3 is 1. The number of aliphatic hydroxyl groups excluding tert-OH is 1. The van der Waals surface area contributed by atoms with E-state index < -0.39 is 17.7 Å². The summed E-state index contributed by atoms with van der Waals surface area (Å²) in [7, 11) is 5.32. The summed E-state index contributed by atoms with van der Waals surface area (Å²) in [6, 6.07) is 11.0. The number of hydrogen-bond acceptors (Lipinski definition) is 6. The molecule has 1 saturated heterocycles. The number of likely N-dealkylation sites (N-methyl/N-ethyl adjacent to an activating group) is 1. The van der Waals surface area contributed by atoms with E-state index in [9.17, 15) is 14.7 Å². The maximum Gasteiger partial charge on any atom is 0.295 e. The van der Waals surface area contributed by atoms with Crippen LogP contribution in [0.1, 0.15) is 30.5 Å². The third kappa shape index (κ3) is 5.31. The van der Waals surface area contributed by atoms with Crippen molar-refractivity contribution in [2.24, 2.45) is 0 Å². The third-order valence-corrected chi connectivity index (χ3v) is 5.66. The molecule has 2 aromatic carbocycles. The van der Waals surface area contributed by atoms with Crippen molar-refractivity contribution in [2.75, 3.05) is 40.9 Å². The van der Waals surface area contributed by atoms with E-state index in [2.05, 4.69) is 0 Å². The SMILES string of the molecule is CCCOc1ccc([C@H]2C(=C(O)c3ccc(Cl)cc3)C(=O)C(=O)N2CCN(C)C)cc1OC. The topological polar surface area (TPSA) is 79.3 Å². The fourth-order valence-electron chi connectivity index (χ4n) is 3.71. The summed E-state index contributed by atoms with van der Waals surface area (Å²) < 4.78 is 11.3. The number of rotatable bonds is 9. The number of carbonyl (C=O) groups is 2. The highest BCUT2D eigenvalue weighted by Gasteiger charge is 2.46. The molecule has 0 bridgehead atoms. The number of ketones is 1. The van der Waals surface area contributed by atoms with Gasteiger partial charge in [-0.3, -0.25) is 9.59 Å². The minimum atomic E-state index is -0.769. The zero-order valence-corrected chi connectivity index (χ0v) is 20.1. The Morgan fingerprint density at radius 2 is 1.82 bits per heavy atom. The standard InChI is InChI=1S/C25H29ClN2O5/c1-5-14-33-19-11-8-17(15-20(19)32-4)22-21(23(29)16-6-9-18(26)10-7-16)24(30)25(31)28(22)13-12-27(2)3/h6-11,15,22,29H,5,12-14H2,1-4H3/t22-/m0/s1. The molecule has 2 aromatic rings. The van der Waals surface area contributed by atoms with E-state index in [4.69, 9.17) is 21.1 Å². The number of likely N-dealkylation sites (tertiary alicyclic amines) is 1. The molecule has 3 rings (SSSR count). The van der Waals surface area contributed by atoms with E-state index in [0.29, 0.717) is 47.3 Å². The first-order valence-electron chi connectivity index (χ1n) is 10.8. The Morgan fingerprint density at radius 3 is 2.42 bits per heavy atom. The second kappa shape index (κ2) is 10.7. The number of hydrogen-bond donors (Lipinski definition) is 1. The van der Waals surface area contributed by atoms with E-state index in [-0.39, 0.29) is 11.3 Å². The highest BCUT2D eigenvalue weighted by atomic mass is 35.5. The van der Waals surface area contributed by atoms with Crippen molar-refractivity contribution < 1.29 is 24.2 Å². The average Bonchev–Trinajstić information content (AvgIpc) is 3.06. The van der Waals surface area contributed by atoms with Gasteiger partial charge in [0.2, 0.25) is 0 Å². The Hall–Kier alpha value is -3.03. The summed E-state index contributed by atoms with van der Waals surface area (Å²) in [6.07, 6.45) is 0.844. The predicted octanol–water partition coefficient (Wildman–Crippen LogP) is 4.12. The molecule has 7 nitrogen and oxygen atoms in total. The van der Waals surface area contributed by atoms with Gasteiger partial charge in [-0.15, -0.1) is 0 Å². The second-order valence-electron chi connectivity index (χ2n) is 8.06. The number of carbonyl (C=O) groups excluding carboxylic acids is 2. The molecule has 1 aliphatic rings. The minimum absolute atomic E-state index is 0.0327. The first-order valence-corrected chi connectivity index (χ1v) is 11.2. The zero-order chi connectivity index (χ0) is 24.1. The molecule has 0 aliphatic carbocycles. The van der Waals surface area contributed by atoms with Gasteiger partial charge >= 0.3 is 0 Å². The largest absolute Gasteiger partial charge is 0.507 e. The Balaban J connectivity index is 2.14. The van der Waals surface area contributed by atoms with Gasteiger partial charge in [-0.05, 0) is 62.5 Å². The lowest BCUT2D eigenvalue weighted by Crippen LogP contribution is -2.35. The lowest BCUT2D eigenvalue weighted by molar-refractivity contribution is -0.140. The Bertz CT molecular complexity index is 1050. The molecule has 1 heterocycles. The fourth-order valence-corrected chi connectivity index (χ4v) is 3.84. The maximum atomic E-state index is 13.1. The molecule has 0 unspecified atom stereocenters. The summed E-state index contributed by atoms with van der Waals surface area (Å²) in [4.78, 5) is 29.5. The molecule has 1 aliphatic heterocycles. The number of halogens is 1. The molecule has 1 N–H and O–H groups in total. The molecule has 8 heteroatoms. The third-order valence-electron chi connectivity index (χ3n) is 5.41. The van der Waals surface area contributed by atoms with Crippen molar-refractivity contribution in [3.05, 3.63) is 64.2 Å². The number of nitrogens with zero attached hydrogens (tertiary/aromatic N) is 2. The molecule has 0 spiro atoms. The van der Waals surface area contributed by atoms with E-state index in [0.717, 1.165) is 6.42 Å². The van der Waals surface area contributed by atoms with Gasteiger partial charge in [-0.25, -0.2) is 0 Å². The molecule has 176 valence electrons. The molecule has 0 saturated carbocycles. The normalized spacial score (nSPS) is 17.6. The molecule has 0 aromatic heterocycles. The van der Waals surface area contributed by atoms with Crippen LogP contribution in [-0.4, -0.2) is 67.5 Å². The number of amides is 1. The molecule has 1 atom stereocenters. The number of Topliss-reactive ketones (excluding diaryl/α,β-unsaturated/α-hetero) is 1. The van der Waals surface area contributed by atoms with Crippen molar-refractivity contribution in [2.45, 2.75) is 19.4 Å². The van der Waals surface area contributed by atoms with E-state index in [1.807, 2.05) is 25.9 Å². The molecule has 1 amide bonds. The lowest BCUT2D eigenvalue weighted by atomic mass is 9.95.